The largest absolute Gasteiger partial charge is 0.481 e. The number of thioether (sulfide) groups is 1. The van der Waals surface area contributed by atoms with Crippen LogP contribution in [0, 0.1) is 5.82 Å². The maximum Gasteiger partial charge on any atom is 0.266 e. The van der Waals surface area contributed by atoms with Crippen molar-refractivity contribution in [3.8, 4) is 5.75 Å². The van der Waals surface area contributed by atoms with Crippen molar-refractivity contribution in [3.63, 3.8) is 0 Å². The van der Waals surface area contributed by atoms with Gasteiger partial charge in [0, 0.05) is 5.75 Å². The highest BCUT2D eigenvalue weighted by atomic mass is 32.2. The average Bonchev–Trinajstić information content (AvgIpc) is 3.09. The number of rotatable bonds is 7. The van der Waals surface area contributed by atoms with Gasteiger partial charge in [-0.15, -0.1) is 10.2 Å². The van der Waals surface area contributed by atoms with Crippen LogP contribution in [0.5, 0.6) is 5.75 Å². The minimum atomic E-state index is -0.671. The molecule has 0 aliphatic carbocycles. The van der Waals surface area contributed by atoms with Crippen LogP contribution in [0.25, 0.3) is 0 Å². The van der Waals surface area contributed by atoms with Gasteiger partial charge in [-0.3, -0.25) is 10.1 Å². The Morgan fingerprint density at radius 1 is 1.19 bits per heavy atom. The van der Waals surface area contributed by atoms with Gasteiger partial charge in [-0.25, -0.2) is 4.39 Å². The van der Waals surface area contributed by atoms with Crippen molar-refractivity contribution in [2.24, 2.45) is 0 Å². The smallest absolute Gasteiger partial charge is 0.266 e. The first-order valence-corrected chi connectivity index (χ1v) is 9.64. The van der Waals surface area contributed by atoms with Crippen molar-refractivity contribution in [2.75, 3.05) is 5.32 Å². The van der Waals surface area contributed by atoms with Crippen LogP contribution in [0.2, 0.25) is 0 Å². The van der Waals surface area contributed by atoms with Gasteiger partial charge in [0.25, 0.3) is 5.91 Å². The maximum atomic E-state index is 13.6. The van der Waals surface area contributed by atoms with Crippen molar-refractivity contribution in [1.29, 1.82) is 0 Å². The van der Waals surface area contributed by atoms with E-state index in [9.17, 15) is 9.18 Å². The first-order chi connectivity index (χ1) is 12.6. The first kappa shape index (κ1) is 18.3. The second-order valence-corrected chi connectivity index (χ2v) is 7.52. The van der Waals surface area contributed by atoms with Crippen molar-refractivity contribution in [2.45, 2.75) is 23.1 Å². The van der Waals surface area contributed by atoms with E-state index >= 15 is 0 Å². The molecule has 2 aromatic carbocycles. The molecule has 8 heteroatoms. The standard InChI is InChI=1S/C18H16FN3O2S2/c1-12(24-14-8-3-2-4-9-14)16(23)20-17-21-22-18(26-17)25-11-13-7-5-6-10-15(13)19/h2-10,12H,11H2,1H3,(H,20,21,23)/t12-/m0/s1. The summed E-state index contributed by atoms with van der Waals surface area (Å²) in [5, 5.41) is 11.0. The monoisotopic (exact) mass is 389 g/mol. The molecule has 1 N–H and O–H groups in total. The second kappa shape index (κ2) is 8.77. The van der Waals surface area contributed by atoms with Gasteiger partial charge in [0.05, 0.1) is 0 Å². The van der Waals surface area contributed by atoms with Crippen LogP contribution in [0.4, 0.5) is 9.52 Å². The van der Waals surface area contributed by atoms with Crippen LogP contribution in [0.15, 0.2) is 58.9 Å². The number of carbonyl (C=O) groups is 1. The molecule has 3 aromatic rings. The Hall–Kier alpha value is -2.45. The molecule has 0 bridgehead atoms. The number of halogens is 1. The van der Waals surface area contributed by atoms with Gasteiger partial charge in [0.15, 0.2) is 10.4 Å². The molecular weight excluding hydrogens is 373 g/mol. The molecule has 5 nitrogen and oxygen atoms in total. The van der Waals surface area contributed by atoms with E-state index in [1.54, 1.807) is 37.3 Å². The zero-order chi connectivity index (χ0) is 18.4. The summed E-state index contributed by atoms with van der Waals surface area (Å²) in [5.74, 6) is 0.511. The molecule has 0 radical (unpaired) electrons. The predicted molar refractivity (Wildman–Crippen MR) is 101 cm³/mol. The van der Waals surface area contributed by atoms with Gasteiger partial charge in [-0.05, 0) is 30.7 Å². The van der Waals surface area contributed by atoms with Gasteiger partial charge in [-0.1, -0.05) is 59.5 Å². The van der Waals surface area contributed by atoms with Gasteiger partial charge < -0.3 is 4.74 Å². The lowest BCUT2D eigenvalue weighted by Gasteiger charge is -2.13. The topological polar surface area (TPSA) is 64.1 Å². The van der Waals surface area contributed by atoms with Crippen molar-refractivity contribution in [3.05, 3.63) is 66.0 Å². The fourth-order valence-corrected chi connectivity index (χ4v) is 3.78. The number of benzene rings is 2. The number of nitrogens with one attached hydrogen (secondary N) is 1. The molecule has 0 saturated heterocycles. The Bertz CT molecular complexity index is 874. The number of hydrogen-bond donors (Lipinski definition) is 1. The lowest BCUT2D eigenvalue weighted by atomic mass is 10.2. The minimum Gasteiger partial charge on any atom is -0.481 e. The number of nitrogens with zero attached hydrogens (tertiary/aromatic N) is 2. The highest BCUT2D eigenvalue weighted by Crippen LogP contribution is 2.29. The van der Waals surface area contributed by atoms with Crippen molar-refractivity contribution >= 4 is 34.1 Å². The van der Waals surface area contributed by atoms with E-state index in [4.69, 9.17) is 4.74 Å². The Balaban J connectivity index is 1.53. The molecule has 1 atom stereocenters. The molecule has 1 amide bonds. The van der Waals surface area contributed by atoms with E-state index in [0.717, 1.165) is 0 Å². The Morgan fingerprint density at radius 2 is 1.92 bits per heavy atom. The summed E-state index contributed by atoms with van der Waals surface area (Å²) in [6.07, 6.45) is -0.671. The normalized spacial score (nSPS) is 11.8. The van der Waals surface area contributed by atoms with Crippen LogP contribution in [0.3, 0.4) is 0 Å². The fraction of sp³-hybridized carbons (Fsp3) is 0.167. The summed E-state index contributed by atoms with van der Waals surface area (Å²) in [6.45, 7) is 1.66. The van der Waals surface area contributed by atoms with E-state index in [1.807, 2.05) is 18.2 Å². The molecule has 3 rings (SSSR count). The molecule has 0 fully saturated rings. The summed E-state index contributed by atoms with van der Waals surface area (Å²) in [6, 6.07) is 15.7. The van der Waals surface area contributed by atoms with Crippen LogP contribution >= 0.6 is 23.1 Å². The third-order valence-corrected chi connectivity index (χ3v) is 5.39. The number of anilines is 1. The lowest BCUT2D eigenvalue weighted by molar-refractivity contribution is -0.122. The molecule has 0 aliphatic heterocycles. The highest BCUT2D eigenvalue weighted by Gasteiger charge is 2.17. The molecule has 1 aromatic heterocycles. The molecule has 0 saturated carbocycles. The lowest BCUT2D eigenvalue weighted by Crippen LogP contribution is -2.30. The third-order valence-electron chi connectivity index (χ3n) is 3.37. The van der Waals surface area contributed by atoms with E-state index in [-0.39, 0.29) is 11.7 Å². The van der Waals surface area contributed by atoms with Gasteiger partial charge >= 0.3 is 0 Å². The first-order valence-electron chi connectivity index (χ1n) is 7.84. The van der Waals surface area contributed by atoms with E-state index < -0.39 is 6.10 Å². The molecular formula is C18H16FN3O2S2. The number of amides is 1. The Kier molecular flexibility index (Phi) is 6.19. The Morgan fingerprint density at radius 3 is 2.69 bits per heavy atom. The third kappa shape index (κ3) is 5.03. The number of hydrogen-bond acceptors (Lipinski definition) is 6. The summed E-state index contributed by atoms with van der Waals surface area (Å²) in [7, 11) is 0. The number of para-hydroxylation sites is 1. The SMILES string of the molecule is C[C@H](Oc1ccccc1)C(=O)Nc1nnc(SCc2ccccc2F)s1. The number of aromatic nitrogens is 2. The predicted octanol–water partition coefficient (Wildman–Crippen LogP) is 4.38. The summed E-state index contributed by atoms with van der Waals surface area (Å²) in [5.41, 5.74) is 0.600. The van der Waals surface area contributed by atoms with Gasteiger partial charge in [0.1, 0.15) is 11.6 Å². The van der Waals surface area contributed by atoms with Crippen molar-refractivity contribution in [1.82, 2.24) is 10.2 Å². The molecule has 0 aliphatic rings. The summed E-state index contributed by atoms with van der Waals surface area (Å²) >= 11 is 2.61. The van der Waals surface area contributed by atoms with E-state index in [0.29, 0.717) is 26.5 Å². The van der Waals surface area contributed by atoms with Crippen LogP contribution in [0.1, 0.15) is 12.5 Å². The highest BCUT2D eigenvalue weighted by molar-refractivity contribution is 8.00. The van der Waals surface area contributed by atoms with E-state index in [1.165, 1.54) is 29.2 Å². The number of ether oxygens (including phenoxy) is 1. The molecule has 0 unspecified atom stereocenters. The average molecular weight is 389 g/mol. The maximum absolute atomic E-state index is 13.6. The van der Waals surface area contributed by atoms with E-state index in [2.05, 4.69) is 15.5 Å². The van der Waals surface area contributed by atoms with Crippen LogP contribution < -0.4 is 10.1 Å². The summed E-state index contributed by atoms with van der Waals surface area (Å²) < 4.78 is 19.8. The quantitative estimate of drug-likeness (QED) is 0.480. The number of carbonyl (C=O) groups excluding carboxylic acids is 1. The van der Waals surface area contributed by atoms with Crippen LogP contribution in [-0.2, 0) is 10.5 Å². The Labute approximate surface area is 158 Å². The van der Waals surface area contributed by atoms with Crippen molar-refractivity contribution < 1.29 is 13.9 Å². The minimum absolute atomic E-state index is 0.245. The molecule has 26 heavy (non-hydrogen) atoms. The zero-order valence-electron chi connectivity index (χ0n) is 13.9. The van der Waals surface area contributed by atoms with Gasteiger partial charge in [-0.2, -0.15) is 0 Å². The fourth-order valence-electron chi connectivity index (χ4n) is 2.04. The summed E-state index contributed by atoms with van der Waals surface area (Å²) in [4.78, 5) is 12.2. The van der Waals surface area contributed by atoms with Gasteiger partial charge in [0.2, 0.25) is 5.13 Å². The van der Waals surface area contributed by atoms with Crippen LogP contribution in [-0.4, -0.2) is 22.2 Å². The molecule has 134 valence electrons. The second-order valence-electron chi connectivity index (χ2n) is 5.32. The zero-order valence-corrected chi connectivity index (χ0v) is 15.5. The molecule has 1 heterocycles. The molecule has 0 spiro atoms.